The fourth-order valence-electron chi connectivity index (χ4n) is 2.70. The molecule has 2 saturated carbocycles. The van der Waals surface area contributed by atoms with E-state index in [1.54, 1.807) is 0 Å². The molecular formula is C9H14O2. The molecule has 0 aliphatic heterocycles. The highest BCUT2D eigenvalue weighted by Gasteiger charge is 2.62. The lowest BCUT2D eigenvalue weighted by atomic mass is 9.93. The van der Waals surface area contributed by atoms with Gasteiger partial charge in [0.2, 0.25) is 0 Å². The summed E-state index contributed by atoms with van der Waals surface area (Å²) in [4.78, 5) is 10.6. The highest BCUT2D eigenvalue weighted by molar-refractivity contribution is 5.70. The van der Waals surface area contributed by atoms with Crippen molar-refractivity contribution in [3.05, 3.63) is 0 Å². The van der Waals surface area contributed by atoms with Gasteiger partial charge in [0, 0.05) is 0 Å². The summed E-state index contributed by atoms with van der Waals surface area (Å²) in [6, 6.07) is 0. The predicted octanol–water partition coefficient (Wildman–Crippen LogP) is 1.75. The Kier molecular flexibility index (Phi) is 1.16. The Morgan fingerprint density at radius 2 is 1.82 bits per heavy atom. The van der Waals surface area contributed by atoms with E-state index in [9.17, 15) is 4.79 Å². The Bertz CT molecular complexity index is 194. The third-order valence-electron chi connectivity index (χ3n) is 3.71. The zero-order valence-electron chi connectivity index (χ0n) is 7.00. The van der Waals surface area contributed by atoms with Crippen LogP contribution >= 0.6 is 0 Å². The normalized spacial score (nSPS) is 45.1. The van der Waals surface area contributed by atoms with Crippen molar-refractivity contribution in [2.24, 2.45) is 23.2 Å². The molecule has 0 heterocycles. The van der Waals surface area contributed by atoms with Gasteiger partial charge in [0.1, 0.15) is 0 Å². The Balaban J connectivity index is 2.00. The molecule has 0 saturated heterocycles. The molecule has 11 heavy (non-hydrogen) atoms. The quantitative estimate of drug-likeness (QED) is 0.624. The standard InChI is InChI=1S/C9H14O2/c1-9(2)6-3-5(8(10)11)4-7(6)9/h5-7H,3-4H2,1-2H3,(H,10,11). The molecule has 2 heteroatoms. The topological polar surface area (TPSA) is 37.3 Å². The lowest BCUT2D eigenvalue weighted by Gasteiger charge is -2.12. The zero-order chi connectivity index (χ0) is 8.22. The van der Waals surface area contributed by atoms with E-state index in [1.807, 2.05) is 0 Å². The number of carbonyl (C=O) groups is 1. The molecule has 2 rings (SSSR count). The Labute approximate surface area is 66.6 Å². The molecule has 2 aliphatic carbocycles. The van der Waals surface area contributed by atoms with Gasteiger partial charge in [-0.15, -0.1) is 0 Å². The number of carboxylic acids is 1. The number of aliphatic carboxylic acids is 1. The Morgan fingerprint density at radius 3 is 2.18 bits per heavy atom. The van der Waals surface area contributed by atoms with E-state index in [1.165, 1.54) is 0 Å². The summed E-state index contributed by atoms with van der Waals surface area (Å²) in [5.41, 5.74) is 0.464. The number of hydrogen-bond donors (Lipinski definition) is 1. The molecule has 2 aliphatic rings. The van der Waals surface area contributed by atoms with Crippen LogP contribution in [0.25, 0.3) is 0 Å². The van der Waals surface area contributed by atoms with E-state index in [4.69, 9.17) is 5.11 Å². The maximum atomic E-state index is 10.6. The molecule has 0 spiro atoms. The number of fused-ring (bicyclic) bond motifs is 1. The first-order valence-electron chi connectivity index (χ1n) is 4.26. The lowest BCUT2D eigenvalue weighted by Crippen LogP contribution is -2.14. The smallest absolute Gasteiger partial charge is 0.306 e. The summed E-state index contributed by atoms with van der Waals surface area (Å²) >= 11 is 0. The second-order valence-electron chi connectivity index (χ2n) is 4.54. The fraction of sp³-hybridized carbons (Fsp3) is 0.889. The van der Waals surface area contributed by atoms with Gasteiger partial charge in [-0.05, 0) is 30.1 Å². The van der Waals surface area contributed by atoms with Gasteiger partial charge in [-0.25, -0.2) is 0 Å². The minimum Gasteiger partial charge on any atom is -0.481 e. The maximum absolute atomic E-state index is 10.6. The van der Waals surface area contributed by atoms with Gasteiger partial charge in [-0.3, -0.25) is 4.79 Å². The minimum absolute atomic E-state index is 0.0296. The highest BCUT2D eigenvalue weighted by Crippen LogP contribution is 2.68. The summed E-state index contributed by atoms with van der Waals surface area (Å²) in [5.74, 6) is 0.804. The SMILES string of the molecule is CC1(C)C2CC(C(=O)O)CC21. The monoisotopic (exact) mass is 154 g/mol. The van der Waals surface area contributed by atoms with Gasteiger partial charge in [0.25, 0.3) is 0 Å². The summed E-state index contributed by atoms with van der Waals surface area (Å²) in [5, 5.41) is 8.72. The van der Waals surface area contributed by atoms with Crippen molar-refractivity contribution in [2.75, 3.05) is 0 Å². The van der Waals surface area contributed by atoms with Crippen molar-refractivity contribution < 1.29 is 9.90 Å². The average Bonchev–Trinajstić information content (AvgIpc) is 2.28. The molecule has 2 atom stereocenters. The fourth-order valence-corrected chi connectivity index (χ4v) is 2.70. The van der Waals surface area contributed by atoms with Crippen molar-refractivity contribution in [2.45, 2.75) is 26.7 Å². The molecule has 0 radical (unpaired) electrons. The first-order chi connectivity index (χ1) is 5.03. The summed E-state index contributed by atoms with van der Waals surface area (Å²) in [6.45, 7) is 4.50. The van der Waals surface area contributed by atoms with Gasteiger partial charge in [0.05, 0.1) is 5.92 Å². The summed E-state index contributed by atoms with van der Waals surface area (Å²) < 4.78 is 0. The van der Waals surface area contributed by atoms with Crippen LogP contribution in [-0.2, 0) is 4.79 Å². The van der Waals surface area contributed by atoms with E-state index in [2.05, 4.69) is 13.8 Å². The molecule has 62 valence electrons. The molecule has 0 aromatic rings. The van der Waals surface area contributed by atoms with E-state index in [-0.39, 0.29) is 5.92 Å². The molecule has 0 aromatic heterocycles. The molecule has 0 aromatic carbocycles. The third kappa shape index (κ3) is 0.815. The van der Waals surface area contributed by atoms with Gasteiger partial charge in [0.15, 0.2) is 0 Å². The van der Waals surface area contributed by atoms with Crippen molar-refractivity contribution in [1.82, 2.24) is 0 Å². The number of carboxylic acid groups (broad SMARTS) is 1. The van der Waals surface area contributed by atoms with Crippen molar-refractivity contribution in [1.29, 1.82) is 0 Å². The number of hydrogen-bond acceptors (Lipinski definition) is 1. The van der Waals surface area contributed by atoms with Crippen LogP contribution in [0.3, 0.4) is 0 Å². The molecule has 2 unspecified atom stereocenters. The Morgan fingerprint density at radius 1 is 1.36 bits per heavy atom. The van der Waals surface area contributed by atoms with Gasteiger partial charge >= 0.3 is 5.97 Å². The predicted molar refractivity (Wildman–Crippen MR) is 41.1 cm³/mol. The second-order valence-corrected chi connectivity index (χ2v) is 4.54. The third-order valence-corrected chi connectivity index (χ3v) is 3.71. The first-order valence-corrected chi connectivity index (χ1v) is 4.26. The number of rotatable bonds is 1. The van der Waals surface area contributed by atoms with Crippen molar-refractivity contribution in [3.63, 3.8) is 0 Å². The van der Waals surface area contributed by atoms with Crippen LogP contribution in [0.15, 0.2) is 0 Å². The molecule has 0 amide bonds. The summed E-state index contributed by atoms with van der Waals surface area (Å²) in [6.07, 6.45) is 1.85. The van der Waals surface area contributed by atoms with Crippen LogP contribution in [0.4, 0.5) is 0 Å². The zero-order valence-corrected chi connectivity index (χ0v) is 7.00. The van der Waals surface area contributed by atoms with Gasteiger partial charge in [-0.1, -0.05) is 13.8 Å². The molecule has 2 fully saturated rings. The van der Waals surface area contributed by atoms with Crippen LogP contribution < -0.4 is 0 Å². The van der Waals surface area contributed by atoms with Crippen LogP contribution in [-0.4, -0.2) is 11.1 Å². The van der Waals surface area contributed by atoms with Crippen LogP contribution in [0.5, 0.6) is 0 Å². The van der Waals surface area contributed by atoms with Crippen LogP contribution in [0.2, 0.25) is 0 Å². The first kappa shape index (κ1) is 7.14. The van der Waals surface area contributed by atoms with Crippen LogP contribution in [0, 0.1) is 23.2 Å². The molecular weight excluding hydrogens is 140 g/mol. The molecule has 0 bridgehead atoms. The molecule has 2 nitrogen and oxygen atoms in total. The van der Waals surface area contributed by atoms with E-state index < -0.39 is 5.97 Å². The highest BCUT2D eigenvalue weighted by atomic mass is 16.4. The minimum atomic E-state index is -0.590. The van der Waals surface area contributed by atoms with E-state index in [0.717, 1.165) is 12.8 Å². The second kappa shape index (κ2) is 1.79. The van der Waals surface area contributed by atoms with Crippen molar-refractivity contribution in [3.8, 4) is 0 Å². The summed E-state index contributed by atoms with van der Waals surface area (Å²) in [7, 11) is 0. The Hall–Kier alpha value is -0.530. The van der Waals surface area contributed by atoms with Gasteiger partial charge in [-0.2, -0.15) is 0 Å². The van der Waals surface area contributed by atoms with Crippen molar-refractivity contribution >= 4 is 5.97 Å². The van der Waals surface area contributed by atoms with Crippen LogP contribution in [0.1, 0.15) is 26.7 Å². The average molecular weight is 154 g/mol. The van der Waals surface area contributed by atoms with Gasteiger partial charge < -0.3 is 5.11 Å². The molecule has 1 N–H and O–H groups in total. The maximum Gasteiger partial charge on any atom is 0.306 e. The largest absolute Gasteiger partial charge is 0.481 e. The van der Waals surface area contributed by atoms with E-state index >= 15 is 0 Å². The van der Waals surface area contributed by atoms with E-state index in [0.29, 0.717) is 17.3 Å². The lowest BCUT2D eigenvalue weighted by molar-refractivity contribution is -0.142.